The largest absolute Gasteiger partial charge is 0.394 e. The molecular weight excluding hydrogens is 670 g/mol. The summed E-state index contributed by atoms with van der Waals surface area (Å²) in [6, 6.07) is -0.835. The van der Waals surface area contributed by atoms with E-state index >= 15 is 0 Å². The summed E-state index contributed by atoms with van der Waals surface area (Å²) in [5.74, 6) is -0.210. The van der Waals surface area contributed by atoms with Gasteiger partial charge in [0.05, 0.1) is 25.4 Å². The number of rotatable bonds is 33. The first-order chi connectivity index (χ1) is 25.8. The zero-order chi connectivity index (χ0) is 38.8. The number of aliphatic hydroxyl groups is 5. The lowest BCUT2D eigenvalue weighted by atomic mass is 9.99. The maximum Gasteiger partial charge on any atom is 0.220 e. The molecule has 1 aliphatic heterocycles. The number of ether oxygens (including phenoxy) is 2. The minimum absolute atomic E-state index is 0.210. The van der Waals surface area contributed by atoms with E-state index in [2.05, 4.69) is 67.8 Å². The van der Waals surface area contributed by atoms with E-state index in [4.69, 9.17) is 9.47 Å². The Hall–Kier alpha value is -2.11. The maximum atomic E-state index is 12.9. The van der Waals surface area contributed by atoms with Crippen molar-refractivity contribution in [2.75, 3.05) is 13.2 Å². The van der Waals surface area contributed by atoms with E-state index in [1.807, 2.05) is 6.08 Å². The number of aliphatic hydroxyl groups excluding tert-OH is 5. The fourth-order valence-corrected chi connectivity index (χ4v) is 6.08. The molecule has 0 radical (unpaired) electrons. The van der Waals surface area contributed by atoms with Gasteiger partial charge in [0, 0.05) is 6.42 Å². The van der Waals surface area contributed by atoms with Gasteiger partial charge in [-0.2, -0.15) is 0 Å². The van der Waals surface area contributed by atoms with E-state index in [0.29, 0.717) is 6.42 Å². The zero-order valence-corrected chi connectivity index (χ0v) is 33.2. The van der Waals surface area contributed by atoms with Crippen LogP contribution >= 0.6 is 0 Å². The second-order valence-electron chi connectivity index (χ2n) is 14.4. The van der Waals surface area contributed by atoms with Crippen LogP contribution in [0.1, 0.15) is 155 Å². The molecule has 1 saturated heterocycles. The Kier molecular flexibility index (Phi) is 31.7. The van der Waals surface area contributed by atoms with Crippen molar-refractivity contribution in [3.05, 3.63) is 60.8 Å². The van der Waals surface area contributed by atoms with E-state index < -0.39 is 49.5 Å². The van der Waals surface area contributed by atoms with Crippen molar-refractivity contribution in [3.63, 3.8) is 0 Å². The number of carbonyl (C=O) groups excluding carboxylic acids is 1. The molecule has 306 valence electrons. The van der Waals surface area contributed by atoms with Crippen LogP contribution in [-0.4, -0.2) is 87.5 Å². The molecule has 1 aliphatic rings. The van der Waals surface area contributed by atoms with Gasteiger partial charge in [0.25, 0.3) is 0 Å². The first-order valence-electron chi connectivity index (χ1n) is 21.0. The molecule has 0 aromatic heterocycles. The molecule has 7 atom stereocenters. The Morgan fingerprint density at radius 2 is 1.15 bits per heavy atom. The average molecular weight is 748 g/mol. The van der Waals surface area contributed by atoms with Crippen LogP contribution in [0.2, 0.25) is 0 Å². The number of allylic oxidation sites excluding steroid dienone is 9. The number of hydrogen-bond donors (Lipinski definition) is 6. The SMILES string of the molecule is CCCC/C=C\C/C=C\CCCCCCCC(=O)NC(COC1OC(CO)C(O)C(O)C1O)C(O)/C=C/CC/C=C/CC/C=C/CCCCCCCC. The third-order valence-corrected chi connectivity index (χ3v) is 9.54. The van der Waals surface area contributed by atoms with Crippen LogP contribution in [0.25, 0.3) is 0 Å². The summed E-state index contributed by atoms with van der Waals surface area (Å²) >= 11 is 0. The highest BCUT2D eigenvalue weighted by Crippen LogP contribution is 2.22. The molecule has 9 heteroatoms. The van der Waals surface area contributed by atoms with Crippen molar-refractivity contribution in [2.45, 2.75) is 198 Å². The van der Waals surface area contributed by atoms with Gasteiger partial charge in [-0.05, 0) is 70.6 Å². The Morgan fingerprint density at radius 1 is 0.642 bits per heavy atom. The molecule has 9 nitrogen and oxygen atoms in total. The second kappa shape index (κ2) is 34.4. The summed E-state index contributed by atoms with van der Waals surface area (Å²) in [5.41, 5.74) is 0. The standard InChI is InChI=1S/C44H77NO8/c1-3-5-7-9-11-13-15-17-19-20-21-23-25-27-29-31-33-38(47)37(36-52-44-43(51)42(50)41(49)39(35-46)53-44)45-40(48)34-32-30-28-26-24-22-18-16-14-12-10-8-6-4-2/h10,12,16-19,23,25,31,33,37-39,41-44,46-47,49-51H,3-9,11,13-15,20-22,24,26-30,32,34-36H2,1-2H3,(H,45,48)/b12-10-,18-16-,19-17+,25-23+,33-31+. The van der Waals surface area contributed by atoms with Crippen LogP contribution in [0.3, 0.4) is 0 Å². The van der Waals surface area contributed by atoms with E-state index in [0.717, 1.165) is 83.5 Å². The lowest BCUT2D eigenvalue weighted by Crippen LogP contribution is -2.60. The summed E-state index contributed by atoms with van der Waals surface area (Å²) in [6.45, 7) is 3.66. The molecule has 7 unspecified atom stereocenters. The number of carbonyl (C=O) groups is 1. The highest BCUT2D eigenvalue weighted by molar-refractivity contribution is 5.76. The number of amides is 1. The third kappa shape index (κ3) is 25.6. The summed E-state index contributed by atoms with van der Waals surface area (Å²) < 4.78 is 11.2. The topological polar surface area (TPSA) is 149 Å². The van der Waals surface area contributed by atoms with Gasteiger partial charge in [0.1, 0.15) is 24.4 Å². The summed E-state index contributed by atoms with van der Waals surface area (Å²) in [5, 5.41) is 54.0. The minimum atomic E-state index is -1.58. The van der Waals surface area contributed by atoms with Gasteiger partial charge < -0.3 is 40.3 Å². The molecule has 1 rings (SSSR count). The Labute approximate surface area is 322 Å². The molecule has 6 N–H and O–H groups in total. The van der Waals surface area contributed by atoms with Crippen molar-refractivity contribution in [3.8, 4) is 0 Å². The lowest BCUT2D eigenvalue weighted by Gasteiger charge is -2.40. The van der Waals surface area contributed by atoms with Gasteiger partial charge in [0.15, 0.2) is 6.29 Å². The zero-order valence-electron chi connectivity index (χ0n) is 33.2. The number of hydrogen-bond acceptors (Lipinski definition) is 8. The molecule has 0 aromatic carbocycles. The molecule has 0 bridgehead atoms. The maximum absolute atomic E-state index is 12.9. The van der Waals surface area contributed by atoms with Gasteiger partial charge in [-0.3, -0.25) is 4.79 Å². The lowest BCUT2D eigenvalue weighted by molar-refractivity contribution is -0.302. The van der Waals surface area contributed by atoms with Crippen LogP contribution in [0, 0.1) is 0 Å². The van der Waals surface area contributed by atoms with E-state index in [1.165, 1.54) is 51.4 Å². The molecule has 1 heterocycles. The van der Waals surface area contributed by atoms with E-state index in [9.17, 15) is 30.3 Å². The van der Waals surface area contributed by atoms with Crippen molar-refractivity contribution in [2.24, 2.45) is 0 Å². The highest BCUT2D eigenvalue weighted by atomic mass is 16.7. The predicted molar refractivity (Wildman–Crippen MR) is 216 cm³/mol. The number of nitrogens with one attached hydrogen (secondary N) is 1. The molecule has 1 amide bonds. The Bertz CT molecular complexity index is 1010. The molecule has 0 aromatic rings. The van der Waals surface area contributed by atoms with Crippen LogP contribution in [0.4, 0.5) is 0 Å². The average Bonchev–Trinajstić information content (AvgIpc) is 3.16. The van der Waals surface area contributed by atoms with Crippen LogP contribution < -0.4 is 5.32 Å². The molecular formula is C44H77NO8. The van der Waals surface area contributed by atoms with Crippen molar-refractivity contribution in [1.82, 2.24) is 5.32 Å². The van der Waals surface area contributed by atoms with Crippen LogP contribution in [0.15, 0.2) is 60.8 Å². The normalized spacial score (nSPS) is 22.3. The highest BCUT2D eigenvalue weighted by Gasteiger charge is 2.44. The van der Waals surface area contributed by atoms with Gasteiger partial charge in [-0.15, -0.1) is 0 Å². The summed E-state index contributed by atoms with van der Waals surface area (Å²) in [7, 11) is 0. The van der Waals surface area contributed by atoms with E-state index in [-0.39, 0.29) is 12.5 Å². The Morgan fingerprint density at radius 3 is 1.75 bits per heavy atom. The van der Waals surface area contributed by atoms with Gasteiger partial charge in [-0.1, -0.05) is 139 Å². The van der Waals surface area contributed by atoms with Crippen molar-refractivity contribution in [1.29, 1.82) is 0 Å². The quantitative estimate of drug-likeness (QED) is 0.0292. The second-order valence-corrected chi connectivity index (χ2v) is 14.4. The van der Waals surface area contributed by atoms with Gasteiger partial charge >= 0.3 is 0 Å². The summed E-state index contributed by atoms with van der Waals surface area (Å²) in [6.07, 6.45) is 36.8. The molecule has 0 spiro atoms. The van der Waals surface area contributed by atoms with Crippen LogP contribution in [0.5, 0.6) is 0 Å². The van der Waals surface area contributed by atoms with Crippen LogP contribution in [-0.2, 0) is 14.3 Å². The van der Waals surface area contributed by atoms with Gasteiger partial charge in [-0.25, -0.2) is 0 Å². The Balaban J connectivity index is 2.47. The van der Waals surface area contributed by atoms with Crippen molar-refractivity contribution < 1.29 is 39.8 Å². The fourth-order valence-electron chi connectivity index (χ4n) is 6.08. The monoisotopic (exact) mass is 748 g/mol. The fraction of sp³-hybridized carbons (Fsp3) is 0.750. The van der Waals surface area contributed by atoms with Gasteiger partial charge in [0.2, 0.25) is 5.91 Å². The minimum Gasteiger partial charge on any atom is -0.394 e. The summed E-state index contributed by atoms with van der Waals surface area (Å²) in [4.78, 5) is 12.9. The molecule has 53 heavy (non-hydrogen) atoms. The van der Waals surface area contributed by atoms with E-state index in [1.54, 1.807) is 6.08 Å². The molecule has 1 fully saturated rings. The predicted octanol–water partition coefficient (Wildman–Crippen LogP) is 8.05. The first kappa shape index (κ1) is 48.9. The molecule has 0 saturated carbocycles. The third-order valence-electron chi connectivity index (χ3n) is 9.54. The van der Waals surface area contributed by atoms with Crippen molar-refractivity contribution >= 4 is 5.91 Å². The smallest absolute Gasteiger partial charge is 0.220 e. The first-order valence-corrected chi connectivity index (χ1v) is 21.0. The molecule has 0 aliphatic carbocycles. The number of unbranched alkanes of at least 4 members (excludes halogenated alkanes) is 15.